The summed E-state index contributed by atoms with van der Waals surface area (Å²) in [6.45, 7) is 2.83. The molecule has 0 radical (unpaired) electrons. The minimum absolute atomic E-state index is 0.106. The second-order valence-corrected chi connectivity index (χ2v) is 11.2. The lowest BCUT2D eigenvalue weighted by Gasteiger charge is -2.28. The summed E-state index contributed by atoms with van der Waals surface area (Å²) < 4.78 is 5.85. The van der Waals surface area contributed by atoms with Crippen molar-refractivity contribution in [1.29, 1.82) is 0 Å². The van der Waals surface area contributed by atoms with E-state index in [2.05, 4.69) is 0 Å². The zero-order valence-corrected chi connectivity index (χ0v) is 23.2. The average molecular weight is 574 g/mol. The quantitative estimate of drug-likeness (QED) is 0.189. The Hall–Kier alpha value is -3.11. The predicted molar refractivity (Wildman–Crippen MR) is 149 cm³/mol. The van der Waals surface area contributed by atoms with E-state index in [9.17, 15) is 19.7 Å². The number of carbonyl (C=O) groups excluding carboxylic acids is 2. The van der Waals surface area contributed by atoms with E-state index in [4.69, 9.17) is 27.9 Å². The molecule has 198 valence electrons. The number of hydrogen-bond acceptors (Lipinski definition) is 7. The van der Waals surface area contributed by atoms with Crippen LogP contribution in [0.3, 0.4) is 0 Å². The van der Waals surface area contributed by atoms with Gasteiger partial charge in [0.1, 0.15) is 5.56 Å². The number of hydrogen-bond donors (Lipinski definition) is 0. The van der Waals surface area contributed by atoms with Crippen molar-refractivity contribution in [3.63, 3.8) is 0 Å². The third-order valence-electron chi connectivity index (χ3n) is 6.04. The number of amides is 1. The molecule has 0 bridgehead atoms. The number of anilines is 1. The van der Waals surface area contributed by atoms with E-state index in [0.29, 0.717) is 23.8 Å². The van der Waals surface area contributed by atoms with E-state index in [1.54, 1.807) is 23.1 Å². The Kier molecular flexibility index (Phi) is 8.62. The standard InChI is InChI=1S/C27H25Cl2N3O5S/c1-16-4-6-17(7-5-16)25-24(37-27(34)20-10-8-18(28)14-22(20)32(35)36)26(33)31(13-12-30(2)3)21-11-9-19(29)15-23(21)38-25/h4-11,14-15,24-25H,12-13H2,1-3H3. The van der Waals surface area contributed by atoms with Crippen molar-refractivity contribution in [3.05, 3.63) is 97.5 Å². The highest BCUT2D eigenvalue weighted by Gasteiger charge is 2.42. The second kappa shape index (κ2) is 11.7. The van der Waals surface area contributed by atoms with Gasteiger partial charge in [-0.05, 0) is 56.9 Å². The normalized spacial score (nSPS) is 17.2. The van der Waals surface area contributed by atoms with Crippen LogP contribution in [0, 0.1) is 17.0 Å². The average Bonchev–Trinajstić information content (AvgIpc) is 2.97. The SMILES string of the molecule is Cc1ccc(C2Sc3cc(Cl)ccc3N(CCN(C)C)C(=O)C2OC(=O)c2ccc(Cl)cc2[N+](=O)[O-])cc1. The van der Waals surface area contributed by atoms with Crippen LogP contribution in [0.15, 0.2) is 65.6 Å². The number of halogens is 2. The zero-order chi connectivity index (χ0) is 27.6. The molecule has 1 aliphatic rings. The van der Waals surface area contributed by atoms with E-state index >= 15 is 0 Å². The maximum atomic E-state index is 14.1. The van der Waals surface area contributed by atoms with Crippen LogP contribution in [0.4, 0.5) is 11.4 Å². The molecule has 4 rings (SSSR count). The van der Waals surface area contributed by atoms with Crippen molar-refractivity contribution in [1.82, 2.24) is 4.90 Å². The molecule has 0 spiro atoms. The number of nitro benzene ring substituents is 1. The van der Waals surface area contributed by atoms with Crippen LogP contribution in [0.5, 0.6) is 0 Å². The highest BCUT2D eigenvalue weighted by Crippen LogP contribution is 2.47. The Labute approximate surface area is 234 Å². The van der Waals surface area contributed by atoms with Crippen LogP contribution in [0.1, 0.15) is 26.7 Å². The smallest absolute Gasteiger partial charge is 0.346 e. The minimum atomic E-state index is -1.28. The molecular weight excluding hydrogens is 549 g/mol. The van der Waals surface area contributed by atoms with Crippen LogP contribution in [0.25, 0.3) is 0 Å². The number of fused-ring (bicyclic) bond motifs is 1. The second-order valence-electron chi connectivity index (χ2n) is 9.10. The fraction of sp³-hybridized carbons (Fsp3) is 0.259. The molecule has 0 aromatic heterocycles. The monoisotopic (exact) mass is 573 g/mol. The first-order valence-corrected chi connectivity index (χ1v) is 13.3. The van der Waals surface area contributed by atoms with Gasteiger partial charge in [0.25, 0.3) is 11.6 Å². The number of benzene rings is 3. The number of rotatable bonds is 7. The van der Waals surface area contributed by atoms with Crippen LogP contribution in [-0.2, 0) is 9.53 Å². The molecular formula is C27H25Cl2N3O5S. The van der Waals surface area contributed by atoms with Crippen LogP contribution >= 0.6 is 35.0 Å². The van der Waals surface area contributed by atoms with E-state index in [-0.39, 0.29) is 10.6 Å². The highest BCUT2D eigenvalue weighted by molar-refractivity contribution is 7.99. The fourth-order valence-corrected chi connectivity index (χ4v) is 5.81. The summed E-state index contributed by atoms with van der Waals surface area (Å²) >= 11 is 13.6. The van der Waals surface area contributed by atoms with Crippen molar-refractivity contribution >= 4 is 58.2 Å². The van der Waals surface area contributed by atoms with Gasteiger partial charge in [-0.2, -0.15) is 0 Å². The maximum Gasteiger partial charge on any atom is 0.346 e. The first-order valence-electron chi connectivity index (χ1n) is 11.7. The van der Waals surface area contributed by atoms with E-state index in [1.807, 2.05) is 50.2 Å². The van der Waals surface area contributed by atoms with Crippen molar-refractivity contribution in [2.75, 3.05) is 32.1 Å². The number of aryl methyl sites for hydroxylation is 1. The lowest BCUT2D eigenvalue weighted by atomic mass is 10.0. The van der Waals surface area contributed by atoms with Gasteiger partial charge in [0.15, 0.2) is 6.10 Å². The minimum Gasteiger partial charge on any atom is -0.447 e. The van der Waals surface area contributed by atoms with Gasteiger partial charge in [0.05, 0.1) is 15.9 Å². The summed E-state index contributed by atoms with van der Waals surface area (Å²) in [5.74, 6) is -1.42. The van der Waals surface area contributed by atoms with Gasteiger partial charge in [-0.25, -0.2) is 4.79 Å². The molecule has 0 fully saturated rings. The van der Waals surface area contributed by atoms with Crippen molar-refractivity contribution < 1.29 is 19.2 Å². The lowest BCUT2D eigenvalue weighted by Crippen LogP contribution is -2.45. The highest BCUT2D eigenvalue weighted by atomic mass is 35.5. The summed E-state index contributed by atoms with van der Waals surface area (Å²) in [5.41, 5.74) is 1.66. The van der Waals surface area contributed by atoms with Crippen molar-refractivity contribution in [2.45, 2.75) is 23.2 Å². The van der Waals surface area contributed by atoms with E-state index in [0.717, 1.165) is 22.1 Å². The molecule has 38 heavy (non-hydrogen) atoms. The lowest BCUT2D eigenvalue weighted by molar-refractivity contribution is -0.385. The van der Waals surface area contributed by atoms with E-state index < -0.39 is 33.8 Å². The molecule has 2 unspecified atom stereocenters. The number of nitrogens with zero attached hydrogens (tertiary/aromatic N) is 3. The summed E-state index contributed by atoms with van der Waals surface area (Å²) in [4.78, 5) is 42.7. The molecule has 1 heterocycles. The number of esters is 1. The maximum absolute atomic E-state index is 14.1. The van der Waals surface area contributed by atoms with Crippen LogP contribution in [0.2, 0.25) is 10.0 Å². The molecule has 0 aliphatic carbocycles. The molecule has 1 aliphatic heterocycles. The van der Waals surface area contributed by atoms with Gasteiger partial charge in [0.2, 0.25) is 0 Å². The van der Waals surface area contributed by atoms with Gasteiger partial charge in [-0.1, -0.05) is 53.0 Å². The molecule has 0 saturated heterocycles. The predicted octanol–water partition coefficient (Wildman–Crippen LogP) is 6.18. The van der Waals surface area contributed by atoms with Gasteiger partial charge < -0.3 is 14.5 Å². The Morgan fingerprint density at radius 3 is 2.39 bits per heavy atom. The number of thioether (sulfide) groups is 1. The van der Waals surface area contributed by atoms with Crippen molar-refractivity contribution in [2.24, 2.45) is 0 Å². The van der Waals surface area contributed by atoms with Gasteiger partial charge in [-0.3, -0.25) is 14.9 Å². The van der Waals surface area contributed by atoms with Crippen molar-refractivity contribution in [3.8, 4) is 0 Å². The molecule has 11 heteroatoms. The first-order chi connectivity index (χ1) is 18.0. The molecule has 0 saturated carbocycles. The first kappa shape index (κ1) is 27.9. The largest absolute Gasteiger partial charge is 0.447 e. The Morgan fingerprint density at radius 1 is 1.08 bits per heavy atom. The van der Waals surface area contributed by atoms with Crippen LogP contribution < -0.4 is 4.90 Å². The Balaban J connectivity index is 1.82. The topological polar surface area (TPSA) is 93.0 Å². The molecule has 2 atom stereocenters. The molecule has 3 aromatic carbocycles. The summed E-state index contributed by atoms with van der Waals surface area (Å²) in [5, 5.41) is 11.6. The number of ether oxygens (including phenoxy) is 1. The van der Waals surface area contributed by atoms with E-state index in [1.165, 1.54) is 23.9 Å². The number of nitro groups is 1. The molecule has 8 nitrogen and oxygen atoms in total. The summed E-state index contributed by atoms with van der Waals surface area (Å²) in [6, 6.07) is 16.5. The summed E-state index contributed by atoms with van der Waals surface area (Å²) in [6.07, 6.45) is -1.28. The molecule has 0 N–H and O–H groups in total. The van der Waals surface area contributed by atoms with Gasteiger partial charge in [0, 0.05) is 34.1 Å². The summed E-state index contributed by atoms with van der Waals surface area (Å²) in [7, 11) is 3.79. The van der Waals surface area contributed by atoms with Gasteiger partial charge in [-0.15, -0.1) is 11.8 Å². The number of likely N-dealkylation sites (N-methyl/N-ethyl adjacent to an activating group) is 1. The zero-order valence-electron chi connectivity index (χ0n) is 20.9. The van der Waals surface area contributed by atoms with Crippen LogP contribution in [-0.4, -0.2) is 55.0 Å². The van der Waals surface area contributed by atoms with Gasteiger partial charge >= 0.3 is 5.97 Å². The Bertz CT molecular complexity index is 1380. The molecule has 3 aromatic rings. The fourth-order valence-electron chi connectivity index (χ4n) is 4.05. The third-order valence-corrected chi connectivity index (χ3v) is 7.86. The number of carbonyl (C=O) groups is 2. The Morgan fingerprint density at radius 2 is 1.74 bits per heavy atom. The molecule has 1 amide bonds. The third kappa shape index (κ3) is 6.13.